The van der Waals surface area contributed by atoms with Crippen LogP contribution in [0, 0.1) is 5.82 Å². The van der Waals surface area contributed by atoms with Crippen LogP contribution in [-0.2, 0) is 12.7 Å². The molecule has 0 fully saturated rings. The molecule has 0 saturated carbocycles. The van der Waals surface area contributed by atoms with E-state index in [1.165, 1.54) is 6.07 Å². The van der Waals surface area contributed by atoms with Crippen molar-refractivity contribution in [3.05, 3.63) is 65.2 Å². The van der Waals surface area contributed by atoms with Crippen LogP contribution in [0.5, 0.6) is 0 Å². The molecule has 0 aliphatic rings. The van der Waals surface area contributed by atoms with Gasteiger partial charge in [0.05, 0.1) is 11.3 Å². The lowest BCUT2D eigenvalue weighted by atomic mass is 10.1. The largest absolute Gasteiger partial charge is 0.419 e. The summed E-state index contributed by atoms with van der Waals surface area (Å²) in [4.78, 5) is 4.16. The second kappa shape index (κ2) is 6.22. The van der Waals surface area contributed by atoms with Crippen molar-refractivity contribution in [2.45, 2.75) is 25.7 Å². The predicted molar refractivity (Wildman–Crippen MR) is 70.9 cm³/mol. The molecule has 0 amide bonds. The van der Waals surface area contributed by atoms with Gasteiger partial charge < -0.3 is 5.32 Å². The second-order valence-corrected chi connectivity index (χ2v) is 4.67. The van der Waals surface area contributed by atoms with Crippen LogP contribution in [0.2, 0.25) is 0 Å². The van der Waals surface area contributed by atoms with E-state index < -0.39 is 17.6 Å². The summed E-state index contributed by atoms with van der Waals surface area (Å²) in [5.41, 5.74) is -0.0885. The van der Waals surface area contributed by atoms with Gasteiger partial charge in [-0.05, 0) is 36.8 Å². The summed E-state index contributed by atoms with van der Waals surface area (Å²) < 4.78 is 51.0. The first kappa shape index (κ1) is 15.4. The first-order chi connectivity index (χ1) is 9.88. The first-order valence-electron chi connectivity index (χ1n) is 6.38. The summed E-state index contributed by atoms with van der Waals surface area (Å²) in [6.07, 6.45) is -3.04. The van der Waals surface area contributed by atoms with Gasteiger partial charge in [0.2, 0.25) is 0 Å². The second-order valence-electron chi connectivity index (χ2n) is 4.67. The predicted octanol–water partition coefficient (Wildman–Crippen LogP) is 4.09. The van der Waals surface area contributed by atoms with Gasteiger partial charge in [0.15, 0.2) is 0 Å². The highest BCUT2D eigenvalue weighted by atomic mass is 19.4. The minimum Gasteiger partial charge on any atom is -0.305 e. The summed E-state index contributed by atoms with van der Waals surface area (Å²) in [6.45, 7) is 2.05. The van der Waals surface area contributed by atoms with E-state index in [1.807, 2.05) is 19.1 Å². The Bertz CT molecular complexity index is 596. The third kappa shape index (κ3) is 4.01. The molecule has 0 unspecified atom stereocenters. The zero-order valence-corrected chi connectivity index (χ0v) is 11.3. The SMILES string of the molecule is C[C@H](NCc1ccc(F)c(C(F)(F)F)c1)c1ccccn1. The Morgan fingerprint density at radius 2 is 1.95 bits per heavy atom. The fraction of sp³-hybridized carbons (Fsp3) is 0.267. The number of halogens is 4. The van der Waals surface area contributed by atoms with E-state index in [0.717, 1.165) is 17.8 Å². The molecule has 2 nitrogen and oxygen atoms in total. The van der Waals surface area contributed by atoms with E-state index in [2.05, 4.69) is 10.3 Å². The Hall–Kier alpha value is -1.95. The maximum absolute atomic E-state index is 13.2. The number of aromatic nitrogens is 1. The molecule has 112 valence electrons. The standard InChI is InChI=1S/C15H14F4N2/c1-10(14-4-2-3-7-20-14)21-9-11-5-6-13(16)12(8-11)15(17,18)19/h2-8,10,21H,9H2,1H3/t10-/m0/s1. The third-order valence-corrected chi connectivity index (χ3v) is 3.08. The molecular formula is C15H14F4N2. The van der Waals surface area contributed by atoms with Gasteiger partial charge in [-0.15, -0.1) is 0 Å². The van der Waals surface area contributed by atoms with Crippen LogP contribution in [0.15, 0.2) is 42.6 Å². The Morgan fingerprint density at radius 3 is 2.57 bits per heavy atom. The van der Waals surface area contributed by atoms with Gasteiger partial charge in [-0.25, -0.2) is 4.39 Å². The topological polar surface area (TPSA) is 24.9 Å². The average Bonchev–Trinajstić information content (AvgIpc) is 2.45. The van der Waals surface area contributed by atoms with Gasteiger partial charge >= 0.3 is 6.18 Å². The number of hydrogen-bond donors (Lipinski definition) is 1. The zero-order valence-electron chi connectivity index (χ0n) is 11.3. The zero-order chi connectivity index (χ0) is 15.5. The number of hydrogen-bond acceptors (Lipinski definition) is 2. The van der Waals surface area contributed by atoms with Gasteiger partial charge in [0.25, 0.3) is 0 Å². The molecule has 0 aliphatic heterocycles. The van der Waals surface area contributed by atoms with Crippen LogP contribution in [-0.4, -0.2) is 4.98 Å². The molecule has 0 bridgehead atoms. The number of nitrogens with one attached hydrogen (secondary N) is 1. The fourth-order valence-corrected chi connectivity index (χ4v) is 1.91. The molecule has 0 aliphatic carbocycles. The van der Waals surface area contributed by atoms with E-state index in [1.54, 1.807) is 12.3 Å². The lowest BCUT2D eigenvalue weighted by Gasteiger charge is -2.14. The van der Waals surface area contributed by atoms with Gasteiger partial charge in [0.1, 0.15) is 5.82 Å². The molecule has 1 atom stereocenters. The van der Waals surface area contributed by atoms with Crippen molar-refractivity contribution >= 4 is 0 Å². The normalized spacial score (nSPS) is 13.2. The van der Waals surface area contributed by atoms with Crippen molar-refractivity contribution < 1.29 is 17.6 Å². The third-order valence-electron chi connectivity index (χ3n) is 3.08. The van der Waals surface area contributed by atoms with Crippen molar-refractivity contribution in [2.24, 2.45) is 0 Å². The molecule has 1 aromatic heterocycles. The minimum absolute atomic E-state index is 0.120. The Balaban J connectivity index is 2.07. The highest BCUT2D eigenvalue weighted by molar-refractivity contribution is 5.27. The molecule has 1 aromatic carbocycles. The maximum atomic E-state index is 13.2. The molecule has 21 heavy (non-hydrogen) atoms. The van der Waals surface area contributed by atoms with E-state index >= 15 is 0 Å². The molecule has 2 rings (SSSR count). The Morgan fingerprint density at radius 1 is 1.19 bits per heavy atom. The van der Waals surface area contributed by atoms with Crippen molar-refractivity contribution in [2.75, 3.05) is 0 Å². The van der Waals surface area contributed by atoms with Gasteiger partial charge in [-0.1, -0.05) is 12.1 Å². The molecule has 1 N–H and O–H groups in total. The average molecular weight is 298 g/mol. The number of nitrogens with zero attached hydrogens (tertiary/aromatic N) is 1. The summed E-state index contributed by atoms with van der Waals surface area (Å²) >= 11 is 0. The van der Waals surface area contributed by atoms with Gasteiger partial charge in [0, 0.05) is 18.8 Å². The van der Waals surface area contributed by atoms with Crippen LogP contribution >= 0.6 is 0 Å². The first-order valence-corrected chi connectivity index (χ1v) is 6.38. The van der Waals surface area contributed by atoms with Crippen molar-refractivity contribution in [3.8, 4) is 0 Å². The van der Waals surface area contributed by atoms with E-state index in [4.69, 9.17) is 0 Å². The highest BCUT2D eigenvalue weighted by Gasteiger charge is 2.34. The van der Waals surface area contributed by atoms with E-state index in [-0.39, 0.29) is 12.6 Å². The molecule has 0 saturated heterocycles. The number of alkyl halides is 3. The summed E-state index contributed by atoms with van der Waals surface area (Å²) in [6, 6.07) is 8.32. The number of pyridine rings is 1. The maximum Gasteiger partial charge on any atom is 0.419 e. The van der Waals surface area contributed by atoms with Crippen molar-refractivity contribution in [1.29, 1.82) is 0 Å². The summed E-state index contributed by atoms with van der Waals surface area (Å²) in [5, 5.41) is 3.06. The summed E-state index contributed by atoms with van der Waals surface area (Å²) in [7, 11) is 0. The summed E-state index contributed by atoms with van der Waals surface area (Å²) in [5.74, 6) is -1.26. The lowest BCUT2D eigenvalue weighted by molar-refractivity contribution is -0.140. The molecule has 0 radical (unpaired) electrons. The monoisotopic (exact) mass is 298 g/mol. The van der Waals surface area contributed by atoms with Crippen molar-refractivity contribution in [3.63, 3.8) is 0 Å². The van der Waals surface area contributed by atoms with E-state index in [9.17, 15) is 17.6 Å². The van der Waals surface area contributed by atoms with Crippen LogP contribution < -0.4 is 5.32 Å². The quantitative estimate of drug-likeness (QED) is 0.860. The molecule has 1 heterocycles. The smallest absolute Gasteiger partial charge is 0.305 e. The number of rotatable bonds is 4. The van der Waals surface area contributed by atoms with Crippen LogP contribution in [0.1, 0.15) is 29.8 Å². The van der Waals surface area contributed by atoms with Crippen molar-refractivity contribution in [1.82, 2.24) is 10.3 Å². The van der Waals surface area contributed by atoms with Crippen LogP contribution in [0.4, 0.5) is 17.6 Å². The molecule has 0 spiro atoms. The fourth-order valence-electron chi connectivity index (χ4n) is 1.91. The molecular weight excluding hydrogens is 284 g/mol. The Kier molecular flexibility index (Phi) is 4.57. The Labute approximate surface area is 119 Å². The lowest BCUT2D eigenvalue weighted by Crippen LogP contribution is -2.19. The van der Waals surface area contributed by atoms with Gasteiger partial charge in [-0.3, -0.25) is 4.98 Å². The van der Waals surface area contributed by atoms with Crippen LogP contribution in [0.25, 0.3) is 0 Å². The van der Waals surface area contributed by atoms with Gasteiger partial charge in [-0.2, -0.15) is 13.2 Å². The number of benzene rings is 1. The van der Waals surface area contributed by atoms with Crippen LogP contribution in [0.3, 0.4) is 0 Å². The molecule has 2 aromatic rings. The van der Waals surface area contributed by atoms with E-state index in [0.29, 0.717) is 5.56 Å². The highest BCUT2D eigenvalue weighted by Crippen LogP contribution is 2.31. The molecule has 6 heteroatoms. The minimum atomic E-state index is -4.69.